The molecule has 1 aromatic carbocycles. The van der Waals surface area contributed by atoms with E-state index in [4.69, 9.17) is 5.73 Å². The molecule has 1 amide bonds. The van der Waals surface area contributed by atoms with E-state index in [-0.39, 0.29) is 45.6 Å². The molecule has 0 aliphatic heterocycles. The molecule has 11 heteroatoms. The third-order valence-corrected chi connectivity index (χ3v) is 10.7. The molecule has 1 aromatic rings. The van der Waals surface area contributed by atoms with Crippen molar-refractivity contribution in [1.82, 2.24) is 9.80 Å². The number of nitrogens with zero attached hydrogens (tertiary/aromatic N) is 3. The number of carbonyl (C=O) groups excluding carboxylic acids is 2. The van der Waals surface area contributed by atoms with Crippen molar-refractivity contribution in [2.45, 2.75) is 62.3 Å². The summed E-state index contributed by atoms with van der Waals surface area (Å²) in [5.74, 6) is -3.20. The second-order valence-corrected chi connectivity index (χ2v) is 13.5. The van der Waals surface area contributed by atoms with Crippen LogP contribution >= 0.6 is 0 Å². The third kappa shape index (κ3) is 3.86. The average Bonchev–Trinajstić information content (AvgIpc) is 3.78. The number of hydrogen-bond donors (Lipinski definition) is 5. The number of amides is 1. The summed E-state index contributed by atoms with van der Waals surface area (Å²) >= 11 is 0. The second-order valence-electron chi connectivity index (χ2n) is 13.5. The van der Waals surface area contributed by atoms with Gasteiger partial charge in [0.2, 0.25) is 0 Å². The Labute approximate surface area is 247 Å². The van der Waals surface area contributed by atoms with Gasteiger partial charge in [-0.25, -0.2) is 0 Å². The molecular weight excluding hydrogens is 535 g/mol. The number of likely N-dealkylation sites (N-methyl/N-ethyl adjacent to an activating group) is 1. The fourth-order valence-corrected chi connectivity index (χ4v) is 8.48. The Balaban J connectivity index is 1.47. The molecule has 5 aliphatic rings. The number of primary amides is 1. The Morgan fingerprint density at radius 2 is 1.76 bits per heavy atom. The van der Waals surface area contributed by atoms with Crippen LogP contribution in [0.2, 0.25) is 0 Å². The zero-order valence-electron chi connectivity index (χ0n) is 25.1. The Morgan fingerprint density at radius 1 is 1.12 bits per heavy atom. The average molecular weight is 577 g/mol. The first kappa shape index (κ1) is 29.0. The van der Waals surface area contributed by atoms with E-state index < -0.39 is 40.9 Å². The van der Waals surface area contributed by atoms with E-state index in [0.717, 1.165) is 17.2 Å². The Kier molecular flexibility index (Phi) is 6.50. The van der Waals surface area contributed by atoms with E-state index in [1.807, 2.05) is 19.0 Å². The fraction of sp³-hybridized carbons (Fsp3) is 0.581. The monoisotopic (exact) mass is 576 g/mol. The minimum atomic E-state index is -2.20. The molecule has 0 unspecified atom stereocenters. The van der Waals surface area contributed by atoms with Crippen molar-refractivity contribution in [3.8, 4) is 5.75 Å². The van der Waals surface area contributed by atoms with E-state index in [1.54, 1.807) is 25.1 Å². The number of phenolic OH excluding ortho intramolecular Hbond substituents is 1. The van der Waals surface area contributed by atoms with Gasteiger partial charge >= 0.3 is 216 Å². The predicted molar refractivity (Wildman–Crippen MR) is 161 cm³/mol. The van der Waals surface area contributed by atoms with Gasteiger partial charge in [0.15, 0.2) is 0 Å². The number of fused-ring (bicyclic) bond motifs is 3. The van der Waals surface area contributed by atoms with Crippen LogP contribution in [-0.4, -0.2) is 107 Å². The number of aromatic hydroxyl groups is 1. The first-order chi connectivity index (χ1) is 19.7. The Bertz CT molecular complexity index is 1490. The van der Waals surface area contributed by atoms with Crippen molar-refractivity contribution >= 4 is 30.3 Å². The van der Waals surface area contributed by atoms with Crippen LogP contribution in [0.1, 0.15) is 53.6 Å². The zero-order chi connectivity index (χ0) is 30.6. The Hall–Kier alpha value is -3.15. The number of rotatable bonds is 7. The van der Waals surface area contributed by atoms with Gasteiger partial charge in [0.1, 0.15) is 0 Å². The topological polar surface area (TPSA) is 151 Å². The van der Waals surface area contributed by atoms with Crippen molar-refractivity contribution < 1.29 is 30.0 Å². The number of aliphatic hydroxyl groups excluding tert-OH is 2. The van der Waals surface area contributed by atoms with E-state index in [0.29, 0.717) is 18.5 Å². The number of nitrogens with two attached hydrogens (primary N) is 1. The predicted octanol–water partition coefficient (Wildman–Crippen LogP) is 1.07. The number of hydrogen-bond acceptors (Lipinski definition) is 9. The molecule has 0 heterocycles. The quantitative estimate of drug-likeness (QED) is 0.300. The molecule has 4 atom stereocenters. The standard InChI is InChI=1S/C31H41BN4O6/c1-34(2)23-15(13-36(5)30(8-9-30)16-6-7-16)12-19(37)21-17(23)10-14-11-18-24(35(3)4)26(39)22(29(33)41)27(32)31(18,42)28(40)20(14)25(21)38/h12,14,16,18,24,32,37,39-40,42H,6-11,13H2,1-5H3,(H2,33,41)/t14-,18-,24-,31+/m0/s1. The van der Waals surface area contributed by atoms with Crippen molar-refractivity contribution in [2.75, 3.05) is 40.1 Å². The van der Waals surface area contributed by atoms with Gasteiger partial charge in [-0.2, -0.15) is 0 Å². The summed E-state index contributed by atoms with van der Waals surface area (Å²) in [5.41, 5.74) is 5.65. The van der Waals surface area contributed by atoms with Crippen molar-refractivity contribution in [1.29, 1.82) is 0 Å². The van der Waals surface area contributed by atoms with Gasteiger partial charge in [0.05, 0.1) is 0 Å². The number of ketones is 1. The van der Waals surface area contributed by atoms with Crippen LogP contribution in [0.4, 0.5) is 5.69 Å². The molecule has 2 saturated carbocycles. The molecule has 0 radical (unpaired) electrons. The zero-order valence-corrected chi connectivity index (χ0v) is 25.1. The molecule has 6 rings (SSSR count). The summed E-state index contributed by atoms with van der Waals surface area (Å²) < 4.78 is 0. The SMILES string of the molecule is B=C1C(C(N)=O)=C(O)[C@@H](N(C)C)[C@@H]2C[C@@H]3Cc4c(c(O)cc(CN(C)C5(C6CC6)CC5)c4N(C)C)C(=O)C3=C(O)[C@]12O. The molecular formula is C31H41BN4O6. The van der Waals surface area contributed by atoms with E-state index in [2.05, 4.69) is 19.4 Å². The number of allylic oxidation sites excluding steroid dienone is 1. The molecule has 2 fully saturated rings. The summed E-state index contributed by atoms with van der Waals surface area (Å²) in [7, 11) is 13.3. The molecule has 0 saturated heterocycles. The van der Waals surface area contributed by atoms with Gasteiger partial charge in [-0.05, 0) is 31.6 Å². The second kappa shape index (κ2) is 9.43. The van der Waals surface area contributed by atoms with Crippen LogP contribution in [0.3, 0.4) is 0 Å². The van der Waals surface area contributed by atoms with Gasteiger partial charge in [-0.3, -0.25) is 0 Å². The first-order valence-corrected chi connectivity index (χ1v) is 14.7. The van der Waals surface area contributed by atoms with E-state index in [1.165, 1.54) is 25.7 Å². The van der Waals surface area contributed by atoms with Crippen molar-refractivity contribution in [3.05, 3.63) is 45.4 Å². The molecule has 42 heavy (non-hydrogen) atoms. The number of Topliss-reactive ketones (excluding diaryl/α,β-unsaturated/α-hetero) is 1. The molecule has 224 valence electrons. The van der Waals surface area contributed by atoms with Crippen LogP contribution in [0.15, 0.2) is 28.7 Å². The number of benzene rings is 1. The van der Waals surface area contributed by atoms with Gasteiger partial charge in [0, 0.05) is 0 Å². The summed E-state index contributed by atoms with van der Waals surface area (Å²) in [6.45, 7) is 0.636. The van der Waals surface area contributed by atoms with Gasteiger partial charge in [-0.1, -0.05) is 0 Å². The first-order valence-electron chi connectivity index (χ1n) is 14.7. The van der Waals surface area contributed by atoms with Crippen molar-refractivity contribution in [3.63, 3.8) is 0 Å². The summed E-state index contributed by atoms with van der Waals surface area (Å²) in [4.78, 5) is 32.6. The Morgan fingerprint density at radius 3 is 2.29 bits per heavy atom. The molecule has 0 bridgehead atoms. The van der Waals surface area contributed by atoms with Gasteiger partial charge in [-0.15, -0.1) is 0 Å². The van der Waals surface area contributed by atoms with Crippen LogP contribution in [0, 0.1) is 17.8 Å². The molecule has 5 aliphatic carbocycles. The van der Waals surface area contributed by atoms with E-state index in [9.17, 15) is 30.0 Å². The van der Waals surface area contributed by atoms with Crippen molar-refractivity contribution in [2.24, 2.45) is 23.5 Å². The van der Waals surface area contributed by atoms with Crippen LogP contribution in [0.25, 0.3) is 0 Å². The number of aliphatic hydroxyl groups is 3. The summed E-state index contributed by atoms with van der Waals surface area (Å²) in [5, 5.41) is 46.2. The number of anilines is 1. The minimum absolute atomic E-state index is 0.000609. The summed E-state index contributed by atoms with van der Waals surface area (Å²) in [6, 6.07) is 0.805. The van der Waals surface area contributed by atoms with E-state index >= 15 is 0 Å². The van der Waals surface area contributed by atoms with Crippen LogP contribution in [0.5, 0.6) is 5.75 Å². The van der Waals surface area contributed by atoms with Crippen LogP contribution < -0.4 is 10.6 Å². The maximum absolute atomic E-state index is 14.2. The van der Waals surface area contributed by atoms with Gasteiger partial charge < -0.3 is 0 Å². The van der Waals surface area contributed by atoms with Crippen LogP contribution in [-0.2, 0) is 17.8 Å². The fourth-order valence-electron chi connectivity index (χ4n) is 8.48. The molecule has 0 spiro atoms. The molecule has 10 nitrogen and oxygen atoms in total. The molecule has 0 aromatic heterocycles. The third-order valence-electron chi connectivity index (χ3n) is 10.7. The normalized spacial score (nSPS) is 29.9. The summed E-state index contributed by atoms with van der Waals surface area (Å²) in [6.07, 6.45) is 5.44. The maximum atomic E-state index is 14.2. The van der Waals surface area contributed by atoms with Gasteiger partial charge in [0.25, 0.3) is 0 Å². The molecule has 6 N–H and O–H groups in total. The number of phenols is 1. The number of carbonyl (C=O) groups is 2.